The molecule has 0 fully saturated rings. The third-order valence-corrected chi connectivity index (χ3v) is 6.53. The molecule has 2 rings (SSSR count). The zero-order valence-electron chi connectivity index (χ0n) is 14.8. The molecule has 138 valence electrons. The number of methoxy groups -OCH3 is 1. The van der Waals surface area contributed by atoms with Crippen LogP contribution in [0.5, 0.6) is 5.75 Å². The second kappa shape index (κ2) is 8.80. The first-order valence-corrected chi connectivity index (χ1v) is 10.6. The molecule has 7 heteroatoms. The molecule has 1 aromatic heterocycles. The van der Waals surface area contributed by atoms with Crippen molar-refractivity contribution >= 4 is 21.4 Å². The first-order valence-electron chi connectivity index (χ1n) is 8.17. The topological polar surface area (TPSA) is 75.6 Å². The first kappa shape index (κ1) is 19.9. The predicted molar refractivity (Wildman–Crippen MR) is 101 cm³/mol. The summed E-state index contributed by atoms with van der Waals surface area (Å²) in [7, 11) is -2.19. The molecule has 1 aromatic carbocycles. The summed E-state index contributed by atoms with van der Waals surface area (Å²) in [6.07, 6.45) is 1.25. The van der Waals surface area contributed by atoms with Crippen molar-refractivity contribution in [2.75, 3.05) is 20.3 Å². The highest BCUT2D eigenvalue weighted by Gasteiger charge is 2.21. The number of hydrogen-bond acceptors (Lipinski definition) is 5. The fraction of sp³-hybridized carbons (Fsp3) is 0.444. The van der Waals surface area contributed by atoms with Gasteiger partial charge >= 0.3 is 0 Å². The van der Waals surface area contributed by atoms with E-state index in [1.54, 1.807) is 23.5 Å². The quantitative estimate of drug-likeness (QED) is 0.697. The van der Waals surface area contributed by atoms with Crippen molar-refractivity contribution in [3.8, 4) is 5.75 Å². The number of rotatable bonds is 9. The third kappa shape index (κ3) is 5.04. The van der Waals surface area contributed by atoms with Crippen LogP contribution in [-0.4, -0.2) is 33.8 Å². The van der Waals surface area contributed by atoms with Gasteiger partial charge in [-0.2, -0.15) is 11.3 Å². The Hall–Kier alpha value is -1.41. The molecule has 2 N–H and O–H groups in total. The second-order valence-corrected chi connectivity index (χ2v) is 8.56. The average Bonchev–Trinajstić information content (AvgIpc) is 3.10. The lowest BCUT2D eigenvalue weighted by Gasteiger charge is -2.16. The molecule has 0 aliphatic rings. The number of thiophene rings is 1. The van der Waals surface area contributed by atoms with Gasteiger partial charge in [-0.25, -0.2) is 13.1 Å². The molecule has 0 saturated heterocycles. The maximum absolute atomic E-state index is 12.7. The van der Waals surface area contributed by atoms with Gasteiger partial charge in [0.25, 0.3) is 0 Å². The minimum Gasteiger partial charge on any atom is -0.495 e. The lowest BCUT2D eigenvalue weighted by Crippen LogP contribution is -2.26. The average molecular weight is 384 g/mol. The summed E-state index contributed by atoms with van der Waals surface area (Å²) in [5, 5.41) is 13.3. The highest BCUT2D eigenvalue weighted by atomic mass is 32.2. The van der Waals surface area contributed by atoms with E-state index in [1.165, 1.54) is 7.11 Å². The third-order valence-electron chi connectivity index (χ3n) is 4.35. The molecule has 5 nitrogen and oxygen atoms in total. The molecule has 0 saturated carbocycles. The van der Waals surface area contributed by atoms with Crippen LogP contribution >= 0.6 is 11.3 Å². The molecule has 0 spiro atoms. The molecule has 0 aliphatic heterocycles. The van der Waals surface area contributed by atoms with Gasteiger partial charge in [-0.05, 0) is 78.3 Å². The predicted octanol–water partition coefficient (Wildman–Crippen LogP) is 3.21. The van der Waals surface area contributed by atoms with Crippen molar-refractivity contribution in [1.82, 2.24) is 4.72 Å². The monoisotopic (exact) mass is 383 g/mol. The van der Waals surface area contributed by atoms with Crippen LogP contribution in [0.15, 0.2) is 33.9 Å². The Morgan fingerprint density at radius 2 is 1.96 bits per heavy atom. The van der Waals surface area contributed by atoms with E-state index in [9.17, 15) is 13.5 Å². The SMILES string of the molecule is COc1cc(C)c(C)cc1S(=O)(=O)NCC[C@H](CCO)c1ccsc1. The van der Waals surface area contributed by atoms with Crippen molar-refractivity contribution in [3.63, 3.8) is 0 Å². The molecule has 0 radical (unpaired) electrons. The van der Waals surface area contributed by atoms with Crippen molar-refractivity contribution in [3.05, 3.63) is 45.6 Å². The fourth-order valence-electron chi connectivity index (χ4n) is 2.72. The second-order valence-electron chi connectivity index (χ2n) is 6.04. The number of benzene rings is 1. The molecule has 0 aliphatic carbocycles. The van der Waals surface area contributed by atoms with E-state index >= 15 is 0 Å². The van der Waals surface area contributed by atoms with Crippen molar-refractivity contribution in [2.24, 2.45) is 0 Å². The Balaban J connectivity index is 2.10. The number of aliphatic hydroxyl groups is 1. The molecule has 25 heavy (non-hydrogen) atoms. The van der Waals surface area contributed by atoms with Gasteiger partial charge in [0.15, 0.2) is 0 Å². The zero-order valence-corrected chi connectivity index (χ0v) is 16.4. The Bertz CT molecular complexity index is 786. The summed E-state index contributed by atoms with van der Waals surface area (Å²) < 4.78 is 33.2. The molecular weight excluding hydrogens is 358 g/mol. The minimum absolute atomic E-state index is 0.0816. The highest BCUT2D eigenvalue weighted by Crippen LogP contribution is 2.28. The number of ether oxygens (including phenoxy) is 1. The smallest absolute Gasteiger partial charge is 0.244 e. The van der Waals surface area contributed by atoms with Crippen molar-refractivity contribution < 1.29 is 18.3 Å². The molecule has 0 unspecified atom stereocenters. The van der Waals surface area contributed by atoms with Gasteiger partial charge in [-0.15, -0.1) is 0 Å². The lowest BCUT2D eigenvalue weighted by atomic mass is 9.95. The van der Waals surface area contributed by atoms with Crippen molar-refractivity contribution in [1.29, 1.82) is 0 Å². The van der Waals surface area contributed by atoms with Gasteiger partial charge in [0.05, 0.1) is 7.11 Å². The Kier molecular flexibility index (Phi) is 7.01. The number of aliphatic hydroxyl groups excluding tert-OH is 1. The van der Waals surface area contributed by atoms with Crippen LogP contribution < -0.4 is 9.46 Å². The van der Waals surface area contributed by atoms with Crippen LogP contribution in [0, 0.1) is 13.8 Å². The fourth-order valence-corrected chi connectivity index (χ4v) is 4.74. The van der Waals surface area contributed by atoms with Crippen LogP contribution in [0.2, 0.25) is 0 Å². The molecule has 0 bridgehead atoms. The molecule has 2 aromatic rings. The van der Waals surface area contributed by atoms with E-state index in [2.05, 4.69) is 4.72 Å². The highest BCUT2D eigenvalue weighted by molar-refractivity contribution is 7.89. The van der Waals surface area contributed by atoms with Gasteiger partial charge in [0.2, 0.25) is 10.0 Å². The van der Waals surface area contributed by atoms with Crippen LogP contribution in [0.25, 0.3) is 0 Å². The van der Waals surface area contributed by atoms with Crippen LogP contribution in [0.3, 0.4) is 0 Å². The standard InChI is InChI=1S/C18H25NO4S2/c1-13-10-17(23-3)18(11-14(13)2)25(21,22)19-7-4-15(5-8-20)16-6-9-24-12-16/h6,9-12,15,19-20H,4-5,7-8H2,1-3H3/t15-/m1/s1. The maximum atomic E-state index is 12.7. The maximum Gasteiger partial charge on any atom is 0.244 e. The largest absolute Gasteiger partial charge is 0.495 e. The van der Waals surface area contributed by atoms with Crippen LogP contribution in [0.4, 0.5) is 0 Å². The van der Waals surface area contributed by atoms with Gasteiger partial charge in [-0.1, -0.05) is 0 Å². The van der Waals surface area contributed by atoms with E-state index in [4.69, 9.17) is 4.74 Å². The number of aryl methyl sites for hydroxylation is 2. The normalized spacial score (nSPS) is 13.0. The first-order chi connectivity index (χ1) is 11.9. The summed E-state index contributed by atoms with van der Waals surface area (Å²) in [5.41, 5.74) is 3.02. The van der Waals surface area contributed by atoms with E-state index in [1.807, 2.05) is 30.7 Å². The summed E-state index contributed by atoms with van der Waals surface area (Å²) in [6.45, 7) is 4.18. The van der Waals surface area contributed by atoms with E-state index in [0.29, 0.717) is 25.1 Å². The Labute approximate surface area is 153 Å². The lowest BCUT2D eigenvalue weighted by molar-refractivity contribution is 0.273. The van der Waals surface area contributed by atoms with Gasteiger partial charge in [0.1, 0.15) is 10.6 Å². The molecular formula is C18H25NO4S2. The molecule has 1 heterocycles. The minimum atomic E-state index is -3.66. The van der Waals surface area contributed by atoms with E-state index in [-0.39, 0.29) is 17.4 Å². The van der Waals surface area contributed by atoms with Gasteiger partial charge in [-0.3, -0.25) is 0 Å². The summed E-state index contributed by atoms with van der Waals surface area (Å²) in [6, 6.07) is 5.40. The zero-order chi connectivity index (χ0) is 18.4. The molecule has 0 amide bonds. The molecule has 1 atom stereocenters. The van der Waals surface area contributed by atoms with Crippen molar-refractivity contribution in [2.45, 2.75) is 37.5 Å². The van der Waals surface area contributed by atoms with E-state index < -0.39 is 10.0 Å². The number of sulfonamides is 1. The Morgan fingerprint density at radius 3 is 2.56 bits per heavy atom. The van der Waals surface area contributed by atoms with E-state index in [0.717, 1.165) is 16.7 Å². The number of nitrogens with one attached hydrogen (secondary N) is 1. The van der Waals surface area contributed by atoms with Gasteiger partial charge < -0.3 is 9.84 Å². The number of hydrogen-bond donors (Lipinski definition) is 2. The summed E-state index contributed by atoms with van der Waals surface area (Å²) >= 11 is 1.60. The summed E-state index contributed by atoms with van der Waals surface area (Å²) in [4.78, 5) is 0.160. The van der Waals surface area contributed by atoms with Crippen LogP contribution in [-0.2, 0) is 10.0 Å². The Morgan fingerprint density at radius 1 is 1.24 bits per heavy atom. The summed E-state index contributed by atoms with van der Waals surface area (Å²) in [5.74, 6) is 0.487. The van der Waals surface area contributed by atoms with Crippen LogP contribution in [0.1, 0.15) is 35.4 Å². The van der Waals surface area contributed by atoms with Gasteiger partial charge in [0, 0.05) is 13.2 Å².